The van der Waals surface area contributed by atoms with Crippen LogP contribution in [0.2, 0.25) is 0 Å². The van der Waals surface area contributed by atoms with E-state index >= 15 is 0 Å². The Morgan fingerprint density at radius 2 is 1.35 bits per heavy atom. The average Bonchev–Trinajstić information content (AvgIpc) is 2.38. The molecule has 0 rings (SSSR count). The summed E-state index contributed by atoms with van der Waals surface area (Å²) in [5.41, 5.74) is -1.79. The van der Waals surface area contributed by atoms with E-state index in [1.165, 1.54) is 13.8 Å². The summed E-state index contributed by atoms with van der Waals surface area (Å²) in [6, 6.07) is 0. The molecule has 0 amide bonds. The van der Waals surface area contributed by atoms with Crippen molar-refractivity contribution in [2.45, 2.75) is 63.5 Å². The van der Waals surface area contributed by atoms with Gasteiger partial charge in [0, 0.05) is 0 Å². The summed E-state index contributed by atoms with van der Waals surface area (Å²) in [6.07, 6.45) is 9.89. The van der Waals surface area contributed by atoms with E-state index in [2.05, 4.69) is 11.8 Å². The number of ether oxygens (including phenoxy) is 1. The van der Waals surface area contributed by atoms with Gasteiger partial charge in [0.05, 0.1) is 0 Å². The normalized spacial score (nSPS) is 12.7. The van der Waals surface area contributed by atoms with Crippen LogP contribution >= 0.6 is 34.8 Å². The molecule has 0 spiro atoms. The summed E-state index contributed by atoms with van der Waals surface area (Å²) in [4.78, 5) is 20.6. The van der Waals surface area contributed by atoms with Gasteiger partial charge in [0.1, 0.15) is 16.4 Å². The van der Waals surface area contributed by atoms with Crippen LogP contribution in [0.1, 0.15) is 41.5 Å². The van der Waals surface area contributed by atoms with Gasteiger partial charge in [-0.25, -0.2) is 0 Å². The van der Waals surface area contributed by atoms with E-state index in [1.54, 1.807) is 27.7 Å². The Morgan fingerprint density at radius 3 is 1.48 bits per heavy atom. The van der Waals surface area contributed by atoms with Crippen molar-refractivity contribution in [1.29, 1.82) is 0 Å². The minimum absolute atomic E-state index is 0.491. The van der Waals surface area contributed by atoms with E-state index in [0.29, 0.717) is 0 Å². The van der Waals surface area contributed by atoms with Crippen LogP contribution in [-0.4, -0.2) is 38.3 Å². The quantitative estimate of drug-likeness (QED) is 0.350. The van der Waals surface area contributed by atoms with Crippen LogP contribution in [0, 0.1) is 24.7 Å². The molecule has 0 aromatic carbocycles. The molecule has 0 radical (unpaired) electrons. The molecular formula is C16H23Cl3O4. The maximum absolute atomic E-state index is 10.9. The second-order valence-electron chi connectivity index (χ2n) is 5.32. The lowest BCUT2D eigenvalue weighted by Crippen LogP contribution is -2.29. The van der Waals surface area contributed by atoms with Gasteiger partial charge < -0.3 is 9.84 Å². The number of aliphatic hydroxyl groups is 1. The molecule has 0 fully saturated rings. The SMILES string of the molecule is C#CC(C)(C)O.C#CC(C)(C)OC(=O)C(C)Cl.CC(Cl)C(=O)Cl. The maximum atomic E-state index is 10.9. The number of carbonyl (C=O) groups is 2. The van der Waals surface area contributed by atoms with Crippen molar-refractivity contribution in [3.8, 4) is 24.7 Å². The zero-order valence-electron chi connectivity index (χ0n) is 14.1. The molecule has 0 saturated heterocycles. The lowest BCUT2D eigenvalue weighted by Gasteiger charge is -2.18. The van der Waals surface area contributed by atoms with Crippen LogP contribution in [0.5, 0.6) is 0 Å². The van der Waals surface area contributed by atoms with Gasteiger partial charge in [0.2, 0.25) is 5.24 Å². The fourth-order valence-corrected chi connectivity index (χ4v) is 0.407. The van der Waals surface area contributed by atoms with Crippen LogP contribution in [0.4, 0.5) is 0 Å². The van der Waals surface area contributed by atoms with Crippen molar-refractivity contribution in [3.05, 3.63) is 0 Å². The molecule has 7 heteroatoms. The van der Waals surface area contributed by atoms with Gasteiger partial charge in [-0.15, -0.1) is 36.0 Å². The second-order valence-corrected chi connectivity index (χ2v) is 7.00. The predicted octanol–water partition coefficient (Wildman–Crippen LogP) is 3.34. The summed E-state index contributed by atoms with van der Waals surface area (Å²) < 4.78 is 4.84. The largest absolute Gasteiger partial charge is 0.445 e. The third kappa shape index (κ3) is 23.5. The van der Waals surface area contributed by atoms with E-state index in [0.717, 1.165) is 0 Å². The van der Waals surface area contributed by atoms with Gasteiger partial charge in [-0.05, 0) is 53.1 Å². The highest BCUT2D eigenvalue weighted by Gasteiger charge is 2.22. The summed E-state index contributed by atoms with van der Waals surface area (Å²) >= 11 is 15.4. The molecule has 23 heavy (non-hydrogen) atoms. The zero-order valence-corrected chi connectivity index (χ0v) is 16.4. The fourth-order valence-electron chi connectivity index (χ4n) is 0.362. The Hall–Kier alpha value is -0.910. The van der Waals surface area contributed by atoms with Gasteiger partial charge in [0.15, 0.2) is 5.60 Å². The summed E-state index contributed by atoms with van der Waals surface area (Å²) in [5.74, 6) is 3.99. The molecule has 2 unspecified atom stereocenters. The summed E-state index contributed by atoms with van der Waals surface area (Å²) in [5, 5.41) is 6.89. The molecule has 0 aliphatic carbocycles. The first-order valence-electron chi connectivity index (χ1n) is 6.47. The van der Waals surface area contributed by atoms with Gasteiger partial charge in [-0.3, -0.25) is 9.59 Å². The van der Waals surface area contributed by atoms with Crippen LogP contribution < -0.4 is 0 Å². The number of hydrogen-bond donors (Lipinski definition) is 1. The number of terminal acetylenes is 2. The van der Waals surface area contributed by atoms with E-state index in [9.17, 15) is 9.59 Å². The minimum Gasteiger partial charge on any atom is -0.445 e. The predicted molar refractivity (Wildman–Crippen MR) is 95.6 cm³/mol. The Kier molecular flexibility index (Phi) is 14.7. The molecule has 2 atom stereocenters. The highest BCUT2D eigenvalue weighted by Crippen LogP contribution is 2.10. The van der Waals surface area contributed by atoms with Crippen molar-refractivity contribution in [1.82, 2.24) is 0 Å². The molecule has 0 aromatic heterocycles. The number of esters is 1. The molecule has 0 bridgehead atoms. The third-order valence-electron chi connectivity index (χ3n) is 1.69. The minimum atomic E-state index is -0.931. The lowest BCUT2D eigenvalue weighted by atomic mass is 10.1. The Labute approximate surface area is 153 Å². The molecule has 132 valence electrons. The van der Waals surface area contributed by atoms with E-state index in [1.807, 2.05) is 0 Å². The van der Waals surface area contributed by atoms with Gasteiger partial charge >= 0.3 is 5.97 Å². The molecule has 0 aliphatic heterocycles. The topological polar surface area (TPSA) is 63.6 Å². The lowest BCUT2D eigenvalue weighted by molar-refractivity contribution is -0.150. The highest BCUT2D eigenvalue weighted by molar-refractivity contribution is 6.69. The fraction of sp³-hybridized carbons (Fsp3) is 0.625. The van der Waals surface area contributed by atoms with Crippen LogP contribution in [0.3, 0.4) is 0 Å². The standard InChI is InChI=1S/C8H11ClO2.C5H8O.C3H4Cl2O/c1-5-8(3,4)11-7(10)6(2)9;1-4-5(2,3)6;1-2(4)3(5)6/h1,6H,2-4H3;1,6H,2-3H3;2H,1H3. The van der Waals surface area contributed by atoms with Gasteiger partial charge in [-0.2, -0.15) is 0 Å². The van der Waals surface area contributed by atoms with Gasteiger partial charge in [-0.1, -0.05) is 11.8 Å². The molecule has 0 heterocycles. The molecule has 1 N–H and O–H groups in total. The van der Waals surface area contributed by atoms with E-state index < -0.39 is 33.2 Å². The first-order chi connectivity index (χ1) is 10.1. The van der Waals surface area contributed by atoms with Crippen molar-refractivity contribution in [2.24, 2.45) is 0 Å². The number of halogens is 3. The van der Waals surface area contributed by atoms with E-state index in [4.69, 9.17) is 57.5 Å². The van der Waals surface area contributed by atoms with E-state index in [-0.39, 0.29) is 0 Å². The van der Waals surface area contributed by atoms with Crippen molar-refractivity contribution < 1.29 is 19.4 Å². The first kappa shape index (κ1) is 27.0. The number of carbonyl (C=O) groups excluding carboxylic acids is 2. The maximum Gasteiger partial charge on any atom is 0.325 e. The number of hydrogen-bond acceptors (Lipinski definition) is 4. The smallest absolute Gasteiger partial charge is 0.325 e. The molecule has 0 saturated carbocycles. The Balaban J connectivity index is -0.000000284. The molecule has 0 aromatic rings. The monoisotopic (exact) mass is 384 g/mol. The van der Waals surface area contributed by atoms with Crippen LogP contribution in [-0.2, 0) is 14.3 Å². The van der Waals surface area contributed by atoms with Crippen molar-refractivity contribution >= 4 is 46.0 Å². The van der Waals surface area contributed by atoms with Crippen molar-refractivity contribution in [3.63, 3.8) is 0 Å². The van der Waals surface area contributed by atoms with Crippen molar-refractivity contribution in [2.75, 3.05) is 0 Å². The molecule has 4 nitrogen and oxygen atoms in total. The van der Waals surface area contributed by atoms with Crippen LogP contribution in [0.25, 0.3) is 0 Å². The highest BCUT2D eigenvalue weighted by atomic mass is 35.5. The number of rotatable bonds is 3. The molecule has 0 aliphatic rings. The second kappa shape index (κ2) is 12.5. The first-order valence-corrected chi connectivity index (χ1v) is 7.73. The molecular weight excluding hydrogens is 363 g/mol. The van der Waals surface area contributed by atoms with Gasteiger partial charge in [0.25, 0.3) is 0 Å². The summed E-state index contributed by atoms with van der Waals surface area (Å²) in [7, 11) is 0. The Morgan fingerprint density at radius 1 is 1.04 bits per heavy atom. The zero-order chi connectivity index (χ0) is 19.4. The van der Waals surface area contributed by atoms with Crippen LogP contribution in [0.15, 0.2) is 0 Å². The average molecular weight is 386 g/mol. The Bertz CT molecular complexity index is 449. The number of alkyl halides is 2. The summed E-state index contributed by atoms with van der Waals surface area (Å²) in [6.45, 7) is 9.45. The third-order valence-corrected chi connectivity index (χ3v) is 2.51.